The van der Waals surface area contributed by atoms with Crippen molar-refractivity contribution in [1.82, 2.24) is 5.32 Å². The molecule has 0 bridgehead atoms. The van der Waals surface area contributed by atoms with Gasteiger partial charge >= 0.3 is 0 Å². The highest BCUT2D eigenvalue weighted by atomic mass is 79.9. The molecule has 0 heterocycles. The molecule has 0 aromatic heterocycles. The smallest absolute Gasteiger partial charge is 0.117 e. The molecule has 0 radical (unpaired) electrons. The summed E-state index contributed by atoms with van der Waals surface area (Å²) in [6.45, 7) is 0.771. The summed E-state index contributed by atoms with van der Waals surface area (Å²) in [5.74, 6) is 0.296. The number of benzene rings is 1. The van der Waals surface area contributed by atoms with Crippen molar-refractivity contribution in [2.24, 2.45) is 0 Å². The van der Waals surface area contributed by atoms with E-state index in [1.807, 2.05) is 13.1 Å². The Morgan fingerprint density at radius 1 is 1.45 bits per heavy atom. The van der Waals surface area contributed by atoms with Crippen LogP contribution in [0.4, 0.5) is 0 Å². The Balaban J connectivity index is 2.89. The van der Waals surface area contributed by atoms with Gasteiger partial charge in [0.15, 0.2) is 0 Å². The normalized spacial score (nSPS) is 10.0. The van der Waals surface area contributed by atoms with E-state index in [4.69, 9.17) is 5.11 Å². The van der Waals surface area contributed by atoms with Gasteiger partial charge in [-0.15, -0.1) is 0 Å². The summed E-state index contributed by atoms with van der Waals surface area (Å²) < 4.78 is 0.905. The van der Waals surface area contributed by atoms with E-state index in [2.05, 4.69) is 21.2 Å². The minimum absolute atomic E-state index is 0.296. The highest BCUT2D eigenvalue weighted by molar-refractivity contribution is 9.10. The van der Waals surface area contributed by atoms with E-state index in [9.17, 15) is 0 Å². The molecule has 1 aromatic carbocycles. The minimum atomic E-state index is 0.296. The maximum atomic E-state index is 9.16. The van der Waals surface area contributed by atoms with Crippen LogP contribution >= 0.6 is 15.9 Å². The topological polar surface area (TPSA) is 32.3 Å². The lowest BCUT2D eigenvalue weighted by Crippen LogP contribution is -2.04. The number of hydrogen-bond acceptors (Lipinski definition) is 2. The van der Waals surface area contributed by atoms with Gasteiger partial charge in [0, 0.05) is 11.0 Å². The molecule has 0 saturated carbocycles. The molecule has 1 rings (SSSR count). The summed E-state index contributed by atoms with van der Waals surface area (Å²) in [6.07, 6.45) is 0. The van der Waals surface area contributed by atoms with Gasteiger partial charge in [-0.25, -0.2) is 0 Å². The molecule has 0 unspecified atom stereocenters. The standard InChI is InChI=1S/C8H10BrNO/c1-10-5-6-2-7(9)4-8(11)3-6/h2-4,10-11H,5H2,1H3. The van der Waals surface area contributed by atoms with Gasteiger partial charge in [-0.1, -0.05) is 15.9 Å². The molecule has 0 aliphatic carbocycles. The number of phenols is 1. The Bertz CT molecular complexity index is 230. The third kappa shape index (κ3) is 2.52. The Hall–Kier alpha value is -0.540. The second-order valence-corrected chi connectivity index (χ2v) is 3.26. The zero-order valence-corrected chi connectivity index (χ0v) is 7.85. The number of rotatable bonds is 2. The van der Waals surface area contributed by atoms with Gasteiger partial charge < -0.3 is 10.4 Å². The van der Waals surface area contributed by atoms with E-state index in [0.29, 0.717) is 5.75 Å². The molecule has 60 valence electrons. The summed E-state index contributed by atoms with van der Waals surface area (Å²) in [6, 6.07) is 5.37. The van der Waals surface area contributed by atoms with Gasteiger partial charge in [0.1, 0.15) is 5.75 Å². The minimum Gasteiger partial charge on any atom is -0.508 e. The molecule has 11 heavy (non-hydrogen) atoms. The molecular weight excluding hydrogens is 206 g/mol. The van der Waals surface area contributed by atoms with Crippen molar-refractivity contribution in [3.63, 3.8) is 0 Å². The number of nitrogens with one attached hydrogen (secondary N) is 1. The number of phenolic OH excluding ortho intramolecular Hbond substituents is 1. The van der Waals surface area contributed by atoms with E-state index >= 15 is 0 Å². The van der Waals surface area contributed by atoms with Crippen LogP contribution in [-0.2, 0) is 6.54 Å². The predicted octanol–water partition coefficient (Wildman–Crippen LogP) is 1.87. The maximum Gasteiger partial charge on any atom is 0.117 e. The largest absolute Gasteiger partial charge is 0.508 e. The molecular formula is C8H10BrNO. The average Bonchev–Trinajstić information content (AvgIpc) is 1.85. The molecule has 0 atom stereocenters. The third-order valence-corrected chi connectivity index (χ3v) is 1.78. The van der Waals surface area contributed by atoms with Gasteiger partial charge in [-0.2, -0.15) is 0 Å². The fourth-order valence-electron chi connectivity index (χ4n) is 0.940. The second-order valence-electron chi connectivity index (χ2n) is 2.35. The lowest BCUT2D eigenvalue weighted by Gasteiger charge is -2.01. The summed E-state index contributed by atoms with van der Waals surface area (Å²) in [5.41, 5.74) is 1.07. The van der Waals surface area contributed by atoms with Crippen LogP contribution in [0, 0.1) is 0 Å². The Kier molecular flexibility index (Phi) is 2.91. The summed E-state index contributed by atoms with van der Waals surface area (Å²) in [5, 5.41) is 12.2. The molecule has 0 aliphatic heterocycles. The van der Waals surface area contributed by atoms with Crippen molar-refractivity contribution in [3.05, 3.63) is 28.2 Å². The van der Waals surface area contributed by atoms with E-state index in [1.165, 1.54) is 0 Å². The third-order valence-electron chi connectivity index (χ3n) is 1.32. The first-order chi connectivity index (χ1) is 5.22. The van der Waals surface area contributed by atoms with E-state index in [0.717, 1.165) is 16.6 Å². The van der Waals surface area contributed by atoms with Crippen molar-refractivity contribution in [1.29, 1.82) is 0 Å². The average molecular weight is 216 g/mol. The first-order valence-electron chi connectivity index (χ1n) is 3.35. The molecule has 0 fully saturated rings. The Morgan fingerprint density at radius 2 is 2.18 bits per heavy atom. The molecule has 3 heteroatoms. The number of hydrogen-bond donors (Lipinski definition) is 2. The van der Waals surface area contributed by atoms with Crippen LogP contribution in [0.5, 0.6) is 5.75 Å². The lowest BCUT2D eigenvalue weighted by molar-refractivity contribution is 0.474. The molecule has 0 saturated heterocycles. The summed E-state index contributed by atoms with van der Waals surface area (Å²) in [7, 11) is 1.87. The van der Waals surface area contributed by atoms with E-state index < -0.39 is 0 Å². The predicted molar refractivity (Wildman–Crippen MR) is 48.6 cm³/mol. The molecule has 2 nitrogen and oxygen atoms in total. The summed E-state index contributed by atoms with van der Waals surface area (Å²) >= 11 is 3.30. The van der Waals surface area contributed by atoms with Crippen molar-refractivity contribution < 1.29 is 5.11 Å². The second kappa shape index (κ2) is 3.74. The zero-order chi connectivity index (χ0) is 8.27. The first-order valence-corrected chi connectivity index (χ1v) is 4.14. The van der Waals surface area contributed by atoms with Crippen LogP contribution in [0.1, 0.15) is 5.56 Å². The van der Waals surface area contributed by atoms with E-state index in [-0.39, 0.29) is 0 Å². The molecule has 0 amide bonds. The van der Waals surface area contributed by atoms with Crippen molar-refractivity contribution in [3.8, 4) is 5.75 Å². The maximum absolute atomic E-state index is 9.16. The molecule has 2 N–H and O–H groups in total. The highest BCUT2D eigenvalue weighted by Gasteiger charge is 1.95. The fourth-order valence-corrected chi connectivity index (χ4v) is 1.47. The van der Waals surface area contributed by atoms with Crippen LogP contribution in [0.3, 0.4) is 0 Å². The Labute approximate surface area is 74.4 Å². The molecule has 0 spiro atoms. The lowest BCUT2D eigenvalue weighted by atomic mass is 10.2. The number of aromatic hydroxyl groups is 1. The van der Waals surface area contributed by atoms with Crippen LogP contribution < -0.4 is 5.32 Å². The van der Waals surface area contributed by atoms with Crippen LogP contribution in [0.15, 0.2) is 22.7 Å². The quantitative estimate of drug-likeness (QED) is 0.790. The van der Waals surface area contributed by atoms with Crippen LogP contribution in [0.25, 0.3) is 0 Å². The Morgan fingerprint density at radius 3 is 2.73 bits per heavy atom. The fraction of sp³-hybridized carbons (Fsp3) is 0.250. The van der Waals surface area contributed by atoms with Gasteiger partial charge in [0.25, 0.3) is 0 Å². The van der Waals surface area contributed by atoms with Crippen molar-refractivity contribution in [2.75, 3.05) is 7.05 Å². The molecule has 1 aromatic rings. The van der Waals surface area contributed by atoms with Crippen molar-refractivity contribution in [2.45, 2.75) is 6.54 Å². The SMILES string of the molecule is CNCc1cc(O)cc(Br)c1. The van der Waals surface area contributed by atoms with Crippen molar-refractivity contribution >= 4 is 15.9 Å². The highest BCUT2D eigenvalue weighted by Crippen LogP contribution is 2.19. The van der Waals surface area contributed by atoms with E-state index in [1.54, 1.807) is 12.1 Å². The molecule has 0 aliphatic rings. The van der Waals surface area contributed by atoms with Gasteiger partial charge in [0.2, 0.25) is 0 Å². The van der Waals surface area contributed by atoms with Gasteiger partial charge in [-0.05, 0) is 30.8 Å². The van der Waals surface area contributed by atoms with Gasteiger partial charge in [-0.3, -0.25) is 0 Å². The summed E-state index contributed by atoms with van der Waals surface area (Å²) in [4.78, 5) is 0. The van der Waals surface area contributed by atoms with Crippen LogP contribution in [-0.4, -0.2) is 12.2 Å². The van der Waals surface area contributed by atoms with Gasteiger partial charge in [0.05, 0.1) is 0 Å². The number of halogens is 1. The monoisotopic (exact) mass is 215 g/mol. The van der Waals surface area contributed by atoms with Crippen LogP contribution in [0.2, 0.25) is 0 Å². The first kappa shape index (κ1) is 8.56. The zero-order valence-electron chi connectivity index (χ0n) is 6.26.